The van der Waals surface area contributed by atoms with Crippen LogP contribution >= 0.6 is 11.6 Å². The summed E-state index contributed by atoms with van der Waals surface area (Å²) in [6.45, 7) is -0.193. The van der Waals surface area contributed by atoms with Crippen molar-refractivity contribution in [3.8, 4) is 5.75 Å². The van der Waals surface area contributed by atoms with Gasteiger partial charge in [-0.25, -0.2) is 4.39 Å². The second-order valence-electron chi connectivity index (χ2n) is 4.25. The van der Waals surface area contributed by atoms with Crippen LogP contribution in [0.25, 0.3) is 0 Å². The number of halogens is 5. The van der Waals surface area contributed by atoms with Crippen molar-refractivity contribution in [3.05, 3.63) is 58.4 Å². The third-order valence-corrected chi connectivity index (χ3v) is 3.04. The number of rotatable bonds is 3. The molecule has 0 saturated heterocycles. The molecule has 2 aromatic carbocycles. The number of alkyl halides is 3. The summed E-state index contributed by atoms with van der Waals surface area (Å²) >= 11 is 5.62. The van der Waals surface area contributed by atoms with E-state index in [9.17, 15) is 17.6 Å². The molecule has 0 aliphatic carbocycles. The lowest BCUT2D eigenvalue weighted by atomic mass is 10.2. The highest BCUT2D eigenvalue weighted by molar-refractivity contribution is 6.30. The zero-order valence-corrected chi connectivity index (χ0v) is 11.3. The van der Waals surface area contributed by atoms with Crippen molar-refractivity contribution in [2.45, 2.75) is 12.8 Å². The number of hydrogen-bond acceptors (Lipinski definition) is 2. The van der Waals surface area contributed by atoms with E-state index in [0.717, 1.165) is 18.2 Å². The fourth-order valence-electron chi connectivity index (χ4n) is 1.67. The van der Waals surface area contributed by atoms with E-state index in [0.29, 0.717) is 0 Å². The van der Waals surface area contributed by atoms with Crippen LogP contribution in [0.3, 0.4) is 0 Å². The maximum absolute atomic E-state index is 13.6. The molecular formula is C14H10ClF4NO. The van der Waals surface area contributed by atoms with E-state index in [1.54, 1.807) is 6.07 Å². The number of hydrogen-bond donors (Lipinski definition) is 1. The maximum Gasteiger partial charge on any atom is 0.416 e. The molecule has 0 bridgehead atoms. The van der Waals surface area contributed by atoms with Crippen molar-refractivity contribution in [2.24, 2.45) is 0 Å². The molecule has 0 spiro atoms. The number of benzene rings is 2. The molecule has 0 heterocycles. The Balaban J connectivity index is 2.16. The van der Waals surface area contributed by atoms with Crippen molar-refractivity contribution in [2.75, 3.05) is 5.73 Å². The average molecular weight is 320 g/mol. The number of nitrogen functional groups attached to an aromatic ring is 1. The Kier molecular flexibility index (Phi) is 4.27. The molecule has 0 saturated carbocycles. The standard InChI is InChI=1S/C14H10ClF4NO/c15-10-3-1-2-8(13(10)16)7-21-12-5-4-9(6-11(12)20)14(17,18)19/h1-6H,7,20H2. The van der Waals surface area contributed by atoms with Crippen molar-refractivity contribution >= 4 is 17.3 Å². The van der Waals surface area contributed by atoms with E-state index in [1.165, 1.54) is 12.1 Å². The molecule has 0 unspecified atom stereocenters. The van der Waals surface area contributed by atoms with Gasteiger partial charge in [-0.15, -0.1) is 0 Å². The largest absolute Gasteiger partial charge is 0.487 e. The molecule has 0 amide bonds. The molecule has 7 heteroatoms. The van der Waals surface area contributed by atoms with Crippen LogP contribution in [0.4, 0.5) is 23.2 Å². The van der Waals surface area contributed by atoms with Crippen molar-refractivity contribution in [1.29, 1.82) is 0 Å². The highest BCUT2D eigenvalue weighted by Crippen LogP contribution is 2.34. The van der Waals surface area contributed by atoms with Gasteiger partial charge >= 0.3 is 6.18 Å². The first-order chi connectivity index (χ1) is 9.79. The Morgan fingerprint density at radius 2 is 1.86 bits per heavy atom. The number of ether oxygens (including phenoxy) is 1. The van der Waals surface area contributed by atoms with Gasteiger partial charge in [-0.3, -0.25) is 0 Å². The first-order valence-corrected chi connectivity index (χ1v) is 6.19. The molecule has 0 fully saturated rings. The van der Waals surface area contributed by atoms with Crippen LogP contribution in [-0.4, -0.2) is 0 Å². The average Bonchev–Trinajstić information content (AvgIpc) is 2.40. The molecule has 2 rings (SSSR count). The third kappa shape index (κ3) is 3.58. The van der Waals surface area contributed by atoms with Gasteiger partial charge in [0.1, 0.15) is 18.2 Å². The Morgan fingerprint density at radius 3 is 2.48 bits per heavy atom. The van der Waals surface area contributed by atoms with Crippen molar-refractivity contribution in [1.82, 2.24) is 0 Å². The van der Waals surface area contributed by atoms with Gasteiger partial charge in [-0.2, -0.15) is 13.2 Å². The number of nitrogens with two attached hydrogens (primary N) is 1. The Hall–Kier alpha value is -1.95. The summed E-state index contributed by atoms with van der Waals surface area (Å²) in [7, 11) is 0. The number of anilines is 1. The van der Waals surface area contributed by atoms with Crippen LogP contribution in [0.1, 0.15) is 11.1 Å². The summed E-state index contributed by atoms with van der Waals surface area (Å²) in [5.41, 5.74) is 4.64. The minimum Gasteiger partial charge on any atom is -0.487 e. The second kappa shape index (κ2) is 5.81. The first-order valence-electron chi connectivity index (χ1n) is 5.81. The summed E-state index contributed by atoms with van der Waals surface area (Å²) in [4.78, 5) is 0. The topological polar surface area (TPSA) is 35.2 Å². The maximum atomic E-state index is 13.6. The lowest BCUT2D eigenvalue weighted by Gasteiger charge is -2.12. The Bertz CT molecular complexity index is 658. The van der Waals surface area contributed by atoms with Gasteiger partial charge in [0.05, 0.1) is 16.3 Å². The van der Waals surface area contributed by atoms with Gasteiger partial charge in [0.2, 0.25) is 0 Å². The summed E-state index contributed by atoms with van der Waals surface area (Å²) < 4.78 is 56.3. The van der Waals surface area contributed by atoms with E-state index in [1.807, 2.05) is 0 Å². The summed E-state index contributed by atoms with van der Waals surface area (Å²) in [5, 5.41) is -0.0588. The van der Waals surface area contributed by atoms with Gasteiger partial charge < -0.3 is 10.5 Å². The van der Waals surface area contributed by atoms with E-state index >= 15 is 0 Å². The summed E-state index contributed by atoms with van der Waals surface area (Å²) in [6, 6.07) is 7.10. The molecule has 2 aromatic rings. The fourth-order valence-corrected chi connectivity index (χ4v) is 1.87. The van der Waals surface area contributed by atoms with Crippen LogP contribution < -0.4 is 10.5 Å². The molecule has 2 nitrogen and oxygen atoms in total. The van der Waals surface area contributed by atoms with E-state index in [4.69, 9.17) is 22.1 Å². The van der Waals surface area contributed by atoms with Gasteiger partial charge in [0, 0.05) is 5.56 Å². The predicted molar refractivity (Wildman–Crippen MR) is 71.6 cm³/mol. The quantitative estimate of drug-likeness (QED) is 0.659. The van der Waals surface area contributed by atoms with E-state index in [2.05, 4.69) is 0 Å². The normalized spacial score (nSPS) is 11.5. The molecule has 0 radical (unpaired) electrons. The van der Waals surface area contributed by atoms with Crippen molar-refractivity contribution < 1.29 is 22.3 Å². The molecular weight excluding hydrogens is 310 g/mol. The Morgan fingerprint density at radius 1 is 1.14 bits per heavy atom. The van der Waals surface area contributed by atoms with E-state index < -0.39 is 17.6 Å². The molecule has 0 atom stereocenters. The van der Waals surface area contributed by atoms with Crippen molar-refractivity contribution in [3.63, 3.8) is 0 Å². The minimum absolute atomic E-state index is 0.0439. The van der Waals surface area contributed by atoms with Crippen LogP contribution in [-0.2, 0) is 12.8 Å². The van der Waals surface area contributed by atoms with Gasteiger partial charge in [-0.1, -0.05) is 23.7 Å². The molecule has 0 aromatic heterocycles. The zero-order valence-electron chi connectivity index (χ0n) is 10.5. The highest BCUT2D eigenvalue weighted by Gasteiger charge is 2.30. The van der Waals surface area contributed by atoms with Gasteiger partial charge in [0.25, 0.3) is 0 Å². The summed E-state index contributed by atoms with van der Waals surface area (Å²) in [6.07, 6.45) is -4.48. The Labute approximate surface area is 123 Å². The molecule has 21 heavy (non-hydrogen) atoms. The lowest BCUT2D eigenvalue weighted by Crippen LogP contribution is -2.07. The molecule has 2 N–H and O–H groups in total. The first kappa shape index (κ1) is 15.4. The van der Waals surface area contributed by atoms with Crippen LogP contribution in [0.5, 0.6) is 5.75 Å². The SMILES string of the molecule is Nc1cc(C(F)(F)F)ccc1OCc1cccc(Cl)c1F. The second-order valence-corrected chi connectivity index (χ2v) is 4.66. The van der Waals surface area contributed by atoms with Gasteiger partial charge in [-0.05, 0) is 24.3 Å². The minimum atomic E-state index is -4.48. The smallest absolute Gasteiger partial charge is 0.416 e. The van der Waals surface area contributed by atoms with E-state index in [-0.39, 0.29) is 28.6 Å². The van der Waals surface area contributed by atoms with Crippen LogP contribution in [0, 0.1) is 5.82 Å². The zero-order chi connectivity index (χ0) is 15.6. The predicted octanol–water partition coefficient (Wildman–Crippen LogP) is 4.66. The third-order valence-electron chi connectivity index (χ3n) is 2.75. The molecule has 0 aliphatic heterocycles. The highest BCUT2D eigenvalue weighted by atomic mass is 35.5. The summed E-state index contributed by atoms with van der Waals surface area (Å²) in [5.74, 6) is -0.591. The fraction of sp³-hybridized carbons (Fsp3) is 0.143. The monoisotopic (exact) mass is 319 g/mol. The lowest BCUT2D eigenvalue weighted by molar-refractivity contribution is -0.137. The van der Waals surface area contributed by atoms with Gasteiger partial charge in [0.15, 0.2) is 0 Å². The molecule has 0 aliphatic rings. The van der Waals surface area contributed by atoms with Crippen LogP contribution in [0.2, 0.25) is 5.02 Å². The van der Waals surface area contributed by atoms with Crippen LogP contribution in [0.15, 0.2) is 36.4 Å². The molecule has 112 valence electrons.